The summed E-state index contributed by atoms with van der Waals surface area (Å²) in [6.07, 6.45) is -1.23. The average Bonchev–Trinajstić information content (AvgIpc) is 4.03. The molecule has 0 fully saturated rings. The fraction of sp³-hybridized carbons (Fsp3) is 0.275. The van der Waals surface area contributed by atoms with E-state index in [1.807, 2.05) is 6.07 Å². The monoisotopic (exact) mass is 890 g/mol. The Morgan fingerprint density at radius 2 is 1.17 bits per heavy atom. The van der Waals surface area contributed by atoms with E-state index in [1.54, 1.807) is 68.4 Å². The number of carbonyl (C=O) groups is 5. The Kier molecular flexibility index (Phi) is 15.1. The van der Waals surface area contributed by atoms with Gasteiger partial charge in [0.15, 0.2) is 0 Å². The Hall–Kier alpha value is -8.18. The van der Waals surface area contributed by atoms with Crippen LogP contribution >= 0.6 is 0 Å². The molecule has 0 aliphatic carbocycles. The molecule has 0 spiro atoms. The van der Waals surface area contributed by atoms with E-state index in [2.05, 4.69) is 35.9 Å². The molecule has 2 aromatic carbocycles. The lowest BCUT2D eigenvalue weighted by Crippen LogP contribution is -2.44. The molecule has 21 nitrogen and oxygen atoms in total. The first kappa shape index (κ1) is 46.9. The van der Waals surface area contributed by atoms with Crippen LogP contribution in [-0.4, -0.2) is 94.9 Å². The summed E-state index contributed by atoms with van der Waals surface area (Å²) in [6, 6.07) is 18.8. The number of hydrogen-bond donors (Lipinski definition) is 4. The molecule has 0 radical (unpaired) electrons. The molecule has 24 heteroatoms. The molecule has 0 atom stereocenters. The molecule has 5 aromatic rings. The van der Waals surface area contributed by atoms with Gasteiger partial charge in [-0.05, 0) is 62.1 Å². The highest BCUT2D eigenvalue weighted by Crippen LogP contribution is 2.20. The number of alkyl halides is 3. The minimum Gasteiger partial charge on any atom is -0.444 e. The van der Waals surface area contributed by atoms with Crippen molar-refractivity contribution in [3.63, 3.8) is 0 Å². The second-order valence-corrected chi connectivity index (χ2v) is 14.7. The zero-order valence-electron chi connectivity index (χ0n) is 34.5. The predicted octanol–water partition coefficient (Wildman–Crippen LogP) is 5.31. The summed E-state index contributed by atoms with van der Waals surface area (Å²) in [7, 11) is 0. The maximum absolute atomic E-state index is 12.9. The lowest BCUT2D eigenvalue weighted by atomic mass is 9.97. The zero-order chi connectivity index (χ0) is 46.5. The maximum atomic E-state index is 12.9. The molecular weight excluding hydrogens is 850 g/mol. The fourth-order valence-electron chi connectivity index (χ4n) is 5.51. The minimum absolute atomic E-state index is 0.0150. The van der Waals surface area contributed by atoms with E-state index in [0.29, 0.717) is 11.1 Å². The lowest BCUT2D eigenvalue weighted by molar-refractivity contribution is -0.171. The van der Waals surface area contributed by atoms with Gasteiger partial charge in [-0.2, -0.15) is 28.5 Å². The molecule has 0 saturated carbocycles. The molecule has 0 saturated heterocycles. The summed E-state index contributed by atoms with van der Waals surface area (Å²) in [4.78, 5) is 69.2. The van der Waals surface area contributed by atoms with Crippen LogP contribution < -0.4 is 16.0 Å². The number of benzene rings is 2. The number of rotatable bonds is 10. The SMILES string of the molecule is CC(C)(Cc1cnn(C(=N)NC(=O)OC(C)(C)Cc2ccc(COC(=O)N/C(=N\C(=O)OCc3ccccc3)n3cccn3)cc2)c1)OC(=O)/N=C(\NC(=O)C(F)(F)F)n1cccn1. The molecule has 0 aliphatic heterocycles. The molecule has 3 heterocycles. The van der Waals surface area contributed by atoms with Crippen molar-refractivity contribution in [1.29, 1.82) is 5.41 Å². The van der Waals surface area contributed by atoms with Crippen molar-refractivity contribution in [2.24, 2.45) is 9.98 Å². The van der Waals surface area contributed by atoms with E-state index >= 15 is 0 Å². The van der Waals surface area contributed by atoms with Crippen molar-refractivity contribution in [3.8, 4) is 0 Å². The van der Waals surface area contributed by atoms with Crippen LogP contribution in [0, 0.1) is 5.41 Å². The lowest BCUT2D eigenvalue weighted by Gasteiger charge is -2.25. The van der Waals surface area contributed by atoms with Gasteiger partial charge in [0.1, 0.15) is 24.4 Å². The summed E-state index contributed by atoms with van der Waals surface area (Å²) < 4.78 is 62.9. The van der Waals surface area contributed by atoms with E-state index < -0.39 is 59.6 Å². The molecule has 4 N–H and O–H groups in total. The molecular formula is C40H41F3N12O9. The molecule has 0 aliphatic rings. The van der Waals surface area contributed by atoms with Crippen molar-refractivity contribution in [3.05, 3.63) is 126 Å². The van der Waals surface area contributed by atoms with Crippen LogP contribution in [0.1, 0.15) is 49.9 Å². The number of nitrogens with zero attached hydrogens (tertiary/aromatic N) is 8. The molecule has 5 amide bonds. The van der Waals surface area contributed by atoms with Crippen molar-refractivity contribution in [1.82, 2.24) is 45.3 Å². The Morgan fingerprint density at radius 1 is 0.625 bits per heavy atom. The van der Waals surface area contributed by atoms with E-state index in [0.717, 1.165) is 31.4 Å². The second-order valence-electron chi connectivity index (χ2n) is 14.7. The van der Waals surface area contributed by atoms with Crippen LogP contribution in [0.15, 0.2) is 114 Å². The topological polar surface area (TPSA) is 260 Å². The number of aliphatic imine (C=N–C) groups is 2. The summed E-state index contributed by atoms with van der Waals surface area (Å²) in [5.74, 6) is -3.94. The Bertz CT molecular complexity index is 2480. The smallest absolute Gasteiger partial charge is 0.444 e. The maximum Gasteiger partial charge on any atom is 0.471 e. The number of carbonyl (C=O) groups excluding carboxylic acids is 5. The Labute approximate surface area is 361 Å². The van der Waals surface area contributed by atoms with Gasteiger partial charge in [-0.1, -0.05) is 54.6 Å². The molecule has 0 bridgehead atoms. The minimum atomic E-state index is -5.26. The van der Waals surface area contributed by atoms with Gasteiger partial charge >= 0.3 is 36.5 Å². The van der Waals surface area contributed by atoms with Gasteiger partial charge in [0.2, 0.25) is 17.9 Å². The molecule has 3 aromatic heterocycles. The van der Waals surface area contributed by atoms with Gasteiger partial charge in [-0.25, -0.2) is 33.2 Å². The normalized spacial score (nSPS) is 12.2. The summed E-state index contributed by atoms with van der Waals surface area (Å²) >= 11 is 0. The first-order chi connectivity index (χ1) is 30.2. The average molecular weight is 891 g/mol. The number of halogens is 3. The number of amides is 5. The van der Waals surface area contributed by atoms with E-state index in [4.69, 9.17) is 24.4 Å². The summed E-state index contributed by atoms with van der Waals surface area (Å²) in [6.45, 7) is 6.12. The third-order valence-corrected chi connectivity index (χ3v) is 8.21. The highest BCUT2D eigenvalue weighted by molar-refractivity contribution is 6.03. The number of ether oxygens (including phenoxy) is 4. The predicted molar refractivity (Wildman–Crippen MR) is 218 cm³/mol. The van der Waals surface area contributed by atoms with Crippen LogP contribution in [0.4, 0.5) is 32.3 Å². The van der Waals surface area contributed by atoms with Crippen molar-refractivity contribution in [2.45, 2.75) is 71.1 Å². The van der Waals surface area contributed by atoms with Crippen LogP contribution in [0.2, 0.25) is 0 Å². The highest BCUT2D eigenvalue weighted by Gasteiger charge is 2.40. The van der Waals surface area contributed by atoms with Gasteiger partial charge in [0.05, 0.1) is 6.20 Å². The van der Waals surface area contributed by atoms with Crippen molar-refractivity contribution < 1.29 is 56.1 Å². The Morgan fingerprint density at radius 3 is 1.78 bits per heavy atom. The largest absolute Gasteiger partial charge is 0.471 e. The van der Waals surface area contributed by atoms with Crippen LogP contribution in [0.5, 0.6) is 0 Å². The van der Waals surface area contributed by atoms with Crippen LogP contribution in [0.25, 0.3) is 0 Å². The molecule has 64 heavy (non-hydrogen) atoms. The number of nitrogens with one attached hydrogen (secondary N) is 4. The third-order valence-electron chi connectivity index (χ3n) is 8.21. The van der Waals surface area contributed by atoms with Crippen molar-refractivity contribution in [2.75, 3.05) is 0 Å². The Balaban J connectivity index is 1.07. The van der Waals surface area contributed by atoms with Gasteiger partial charge in [-0.3, -0.25) is 26.2 Å². The standard InChI is InChI=1S/C40H41F3N12O9/c1-38(2,20-26-12-14-28(15-13-26)25-62-35(58)51-33(54-19-9-17-46-54)50-34(57)61-24-27-10-6-5-7-11-27)63-36(59)49-31(44)55-23-29(22-47-55)21-39(3,4)64-37(60)52-32(53-18-8-16-45-53)48-30(56)40(41,42)43/h5-19,22-23H,20-21,24-25H2,1-4H3,(H2,44,49,59)(H,48,52,56,60)(H,50,51,57,58). The highest BCUT2D eigenvalue weighted by atomic mass is 19.4. The number of hydrogen-bond acceptors (Lipinski definition) is 13. The summed E-state index contributed by atoms with van der Waals surface area (Å²) in [5.41, 5.74) is 0.173. The van der Waals surface area contributed by atoms with Gasteiger partial charge in [-0.15, -0.1) is 9.98 Å². The first-order valence-electron chi connectivity index (χ1n) is 18.9. The molecule has 0 unspecified atom stereocenters. The van der Waals surface area contributed by atoms with E-state index in [9.17, 15) is 37.1 Å². The van der Waals surface area contributed by atoms with E-state index in [1.165, 1.54) is 56.2 Å². The quantitative estimate of drug-likeness (QED) is 0.0790. The number of aromatic nitrogens is 6. The van der Waals surface area contributed by atoms with Crippen LogP contribution in [0.3, 0.4) is 0 Å². The molecule has 336 valence electrons. The first-order valence-corrected chi connectivity index (χ1v) is 18.9. The summed E-state index contributed by atoms with van der Waals surface area (Å²) in [5, 5.41) is 26.2. The third kappa shape index (κ3) is 14.8. The van der Waals surface area contributed by atoms with E-state index in [-0.39, 0.29) is 32.0 Å². The van der Waals surface area contributed by atoms with Gasteiger partial charge in [0.25, 0.3) is 0 Å². The van der Waals surface area contributed by atoms with Gasteiger partial charge < -0.3 is 18.9 Å². The number of alkyl carbamates (subject to hydrolysis) is 2. The fourth-order valence-corrected chi connectivity index (χ4v) is 5.51. The van der Waals surface area contributed by atoms with Crippen molar-refractivity contribution >= 4 is 48.2 Å². The molecule has 5 rings (SSSR count). The van der Waals surface area contributed by atoms with Gasteiger partial charge in [0, 0.05) is 43.8 Å². The van der Waals surface area contributed by atoms with Crippen LogP contribution in [-0.2, 0) is 49.8 Å². The second kappa shape index (κ2) is 20.6. The zero-order valence-corrected chi connectivity index (χ0v) is 34.5.